The summed E-state index contributed by atoms with van der Waals surface area (Å²) >= 11 is 0. The summed E-state index contributed by atoms with van der Waals surface area (Å²) in [4.78, 5) is 20.9. The number of aryl methyl sites for hydroxylation is 1. The Morgan fingerprint density at radius 1 is 1.08 bits per heavy atom. The van der Waals surface area contributed by atoms with E-state index in [1.165, 1.54) is 6.42 Å². The largest absolute Gasteiger partial charge is 0.355 e. The van der Waals surface area contributed by atoms with E-state index in [0.717, 1.165) is 49.6 Å². The third-order valence-corrected chi connectivity index (χ3v) is 5.64. The van der Waals surface area contributed by atoms with Gasteiger partial charge in [0.15, 0.2) is 5.82 Å². The molecule has 0 N–H and O–H groups in total. The van der Waals surface area contributed by atoms with Gasteiger partial charge in [0.1, 0.15) is 0 Å². The Bertz CT molecular complexity index is 764. The van der Waals surface area contributed by atoms with Crippen LogP contribution in [0, 0.1) is 12.3 Å². The molecule has 0 saturated carbocycles. The molecule has 2 aromatic heterocycles. The molecule has 0 aromatic carbocycles. The van der Waals surface area contributed by atoms with E-state index in [9.17, 15) is 4.79 Å². The van der Waals surface area contributed by atoms with Crippen LogP contribution in [0.2, 0.25) is 0 Å². The Morgan fingerprint density at radius 3 is 2.69 bits per heavy atom. The van der Waals surface area contributed by atoms with E-state index in [1.807, 2.05) is 30.0 Å². The lowest BCUT2D eigenvalue weighted by Crippen LogP contribution is -2.54. The van der Waals surface area contributed by atoms with Crippen LogP contribution < -0.4 is 4.90 Å². The first kappa shape index (κ1) is 16.9. The molecule has 4 rings (SSSR count). The van der Waals surface area contributed by atoms with Crippen LogP contribution in [0.3, 0.4) is 0 Å². The average molecular weight is 351 g/mol. The Morgan fingerprint density at radius 2 is 1.92 bits per heavy atom. The minimum absolute atomic E-state index is 0.158. The number of likely N-dealkylation sites (tertiary alicyclic amines) is 1. The number of carbonyl (C=O) groups excluding carboxylic acids is 1. The molecule has 2 fully saturated rings. The SMILES string of the molecule is Cc1ccc(N2CCC[C@@]3(CCC(=O)N(Cc4ccncc4)C3)C2)nn1. The minimum atomic E-state index is 0.158. The predicted molar refractivity (Wildman–Crippen MR) is 99.5 cm³/mol. The summed E-state index contributed by atoms with van der Waals surface area (Å²) in [5.41, 5.74) is 2.24. The van der Waals surface area contributed by atoms with Gasteiger partial charge in [0.2, 0.25) is 5.91 Å². The maximum atomic E-state index is 12.5. The van der Waals surface area contributed by atoms with E-state index < -0.39 is 0 Å². The van der Waals surface area contributed by atoms with E-state index in [1.54, 1.807) is 12.4 Å². The first-order valence-corrected chi connectivity index (χ1v) is 9.36. The van der Waals surface area contributed by atoms with E-state index >= 15 is 0 Å². The molecule has 1 amide bonds. The van der Waals surface area contributed by atoms with E-state index in [0.29, 0.717) is 13.0 Å². The van der Waals surface area contributed by atoms with Crippen molar-refractivity contribution >= 4 is 11.7 Å². The second-order valence-electron chi connectivity index (χ2n) is 7.66. The normalized spacial score (nSPS) is 23.5. The second-order valence-corrected chi connectivity index (χ2v) is 7.66. The fourth-order valence-corrected chi connectivity index (χ4v) is 4.25. The maximum Gasteiger partial charge on any atom is 0.222 e. The molecule has 6 nitrogen and oxygen atoms in total. The van der Waals surface area contributed by atoms with Gasteiger partial charge in [-0.15, -0.1) is 5.10 Å². The molecule has 1 atom stereocenters. The molecule has 136 valence electrons. The number of aromatic nitrogens is 3. The van der Waals surface area contributed by atoms with Gasteiger partial charge in [-0.25, -0.2) is 0 Å². The van der Waals surface area contributed by atoms with Crippen molar-refractivity contribution in [3.8, 4) is 0 Å². The van der Waals surface area contributed by atoms with Gasteiger partial charge in [-0.2, -0.15) is 5.10 Å². The molecular formula is C20H25N5O. The van der Waals surface area contributed by atoms with Crippen molar-refractivity contribution in [2.24, 2.45) is 5.41 Å². The molecule has 0 bridgehead atoms. The van der Waals surface area contributed by atoms with E-state index in [4.69, 9.17) is 0 Å². The van der Waals surface area contributed by atoms with Crippen LogP contribution in [-0.4, -0.2) is 45.6 Å². The van der Waals surface area contributed by atoms with Crippen LogP contribution in [0.15, 0.2) is 36.7 Å². The number of anilines is 1. The lowest BCUT2D eigenvalue weighted by molar-refractivity contribution is -0.138. The number of rotatable bonds is 3. The van der Waals surface area contributed by atoms with Crippen LogP contribution in [0.5, 0.6) is 0 Å². The van der Waals surface area contributed by atoms with E-state index in [2.05, 4.69) is 26.1 Å². The second kappa shape index (κ2) is 7.02. The topological polar surface area (TPSA) is 62.2 Å². The molecule has 6 heteroatoms. The molecule has 0 unspecified atom stereocenters. The van der Waals surface area contributed by atoms with Crippen LogP contribution in [0.25, 0.3) is 0 Å². The van der Waals surface area contributed by atoms with Crippen LogP contribution >= 0.6 is 0 Å². The van der Waals surface area contributed by atoms with Gasteiger partial charge in [-0.3, -0.25) is 9.78 Å². The number of pyridine rings is 1. The number of amides is 1. The highest BCUT2D eigenvalue weighted by atomic mass is 16.2. The smallest absolute Gasteiger partial charge is 0.222 e. The number of piperidine rings is 2. The molecule has 0 radical (unpaired) electrons. The minimum Gasteiger partial charge on any atom is -0.355 e. The summed E-state index contributed by atoms with van der Waals surface area (Å²) in [5, 5.41) is 8.58. The number of hydrogen-bond donors (Lipinski definition) is 0. The summed E-state index contributed by atoms with van der Waals surface area (Å²) in [5.74, 6) is 1.21. The summed E-state index contributed by atoms with van der Waals surface area (Å²) in [6, 6.07) is 8.06. The van der Waals surface area contributed by atoms with Crippen molar-refractivity contribution in [2.75, 3.05) is 24.5 Å². The zero-order valence-corrected chi connectivity index (χ0v) is 15.3. The monoisotopic (exact) mass is 351 g/mol. The maximum absolute atomic E-state index is 12.5. The molecular weight excluding hydrogens is 326 g/mol. The Hall–Kier alpha value is -2.50. The predicted octanol–water partition coefficient (Wildman–Crippen LogP) is 2.59. The van der Waals surface area contributed by atoms with Crippen LogP contribution in [0.1, 0.15) is 36.9 Å². The highest BCUT2D eigenvalue weighted by Gasteiger charge is 2.42. The van der Waals surface area contributed by atoms with Gasteiger partial charge in [0.25, 0.3) is 0 Å². The fraction of sp³-hybridized carbons (Fsp3) is 0.500. The van der Waals surface area contributed by atoms with Gasteiger partial charge in [0, 0.05) is 50.4 Å². The Balaban J connectivity index is 1.49. The zero-order valence-electron chi connectivity index (χ0n) is 15.3. The Kier molecular flexibility index (Phi) is 4.57. The summed E-state index contributed by atoms with van der Waals surface area (Å²) in [6.45, 7) is 5.41. The first-order valence-electron chi connectivity index (χ1n) is 9.36. The summed E-state index contributed by atoms with van der Waals surface area (Å²) in [7, 11) is 0. The number of nitrogens with zero attached hydrogens (tertiary/aromatic N) is 5. The molecule has 4 heterocycles. The zero-order chi connectivity index (χ0) is 18.0. The van der Waals surface area contributed by atoms with Gasteiger partial charge in [-0.1, -0.05) is 0 Å². The van der Waals surface area contributed by atoms with Crippen molar-refractivity contribution in [3.63, 3.8) is 0 Å². The van der Waals surface area contributed by atoms with Gasteiger partial charge in [0.05, 0.1) is 5.69 Å². The van der Waals surface area contributed by atoms with Crippen molar-refractivity contribution in [2.45, 2.75) is 39.2 Å². The molecule has 2 saturated heterocycles. The van der Waals surface area contributed by atoms with Crippen molar-refractivity contribution in [1.29, 1.82) is 0 Å². The summed E-state index contributed by atoms with van der Waals surface area (Å²) in [6.07, 6.45) is 7.48. The van der Waals surface area contributed by atoms with Crippen LogP contribution in [-0.2, 0) is 11.3 Å². The molecule has 0 aliphatic carbocycles. The molecule has 26 heavy (non-hydrogen) atoms. The van der Waals surface area contributed by atoms with Gasteiger partial charge >= 0.3 is 0 Å². The van der Waals surface area contributed by atoms with Crippen molar-refractivity contribution in [3.05, 3.63) is 47.9 Å². The molecule has 2 aromatic rings. The number of carbonyl (C=O) groups is 1. The van der Waals surface area contributed by atoms with Crippen LogP contribution in [0.4, 0.5) is 5.82 Å². The third kappa shape index (κ3) is 3.54. The molecule has 1 spiro atoms. The van der Waals surface area contributed by atoms with Crippen molar-refractivity contribution in [1.82, 2.24) is 20.1 Å². The summed E-state index contributed by atoms with van der Waals surface area (Å²) < 4.78 is 0. The number of hydrogen-bond acceptors (Lipinski definition) is 5. The first-order chi connectivity index (χ1) is 12.6. The molecule has 2 aliphatic heterocycles. The lowest BCUT2D eigenvalue weighted by Gasteiger charge is -2.48. The Labute approximate surface area is 154 Å². The third-order valence-electron chi connectivity index (χ3n) is 5.64. The standard InChI is InChI=1S/C20H25N5O/c1-16-3-4-18(23-22-16)24-12-2-8-20(14-24)9-5-19(26)25(15-20)13-17-6-10-21-11-7-17/h3-4,6-7,10-11H,2,5,8-9,12-15H2,1H3/t20-/m1/s1. The van der Waals surface area contributed by atoms with E-state index in [-0.39, 0.29) is 11.3 Å². The highest BCUT2D eigenvalue weighted by Crippen LogP contribution is 2.40. The quantitative estimate of drug-likeness (QED) is 0.850. The average Bonchev–Trinajstić information content (AvgIpc) is 2.67. The van der Waals surface area contributed by atoms with Gasteiger partial charge < -0.3 is 9.80 Å². The van der Waals surface area contributed by atoms with Gasteiger partial charge in [-0.05, 0) is 56.0 Å². The fourth-order valence-electron chi connectivity index (χ4n) is 4.25. The lowest BCUT2D eigenvalue weighted by atomic mass is 9.73. The molecule has 2 aliphatic rings. The van der Waals surface area contributed by atoms with Crippen molar-refractivity contribution < 1.29 is 4.79 Å². The highest BCUT2D eigenvalue weighted by molar-refractivity contribution is 5.77.